The lowest BCUT2D eigenvalue weighted by atomic mass is 9.48. The van der Waals surface area contributed by atoms with E-state index >= 15 is 0 Å². The fourth-order valence-electron chi connectivity index (χ4n) is 9.06. The summed E-state index contributed by atoms with van der Waals surface area (Å²) in [5.41, 5.74) is 0.137. The molecule has 0 bridgehead atoms. The molecule has 1 aromatic heterocycles. The number of nitrogens with zero attached hydrogens (tertiary/aromatic N) is 3. The fourth-order valence-corrected chi connectivity index (χ4v) is 9.06. The topological polar surface area (TPSA) is 59.5 Å². The van der Waals surface area contributed by atoms with Gasteiger partial charge in [-0.3, -0.25) is 9.48 Å². The van der Waals surface area contributed by atoms with E-state index in [1.165, 1.54) is 32.1 Å². The second kappa shape index (κ2) is 7.97. The van der Waals surface area contributed by atoms with Gasteiger partial charge < -0.3 is 5.11 Å². The van der Waals surface area contributed by atoms with Gasteiger partial charge in [0.1, 0.15) is 0 Å². The molecule has 4 saturated carbocycles. The van der Waals surface area contributed by atoms with Crippen molar-refractivity contribution in [2.45, 2.75) is 90.7 Å². The Labute approximate surface area is 192 Å². The molecule has 0 amide bonds. The number of fused-ring (bicyclic) bond motifs is 5. The Morgan fingerprint density at radius 1 is 1.22 bits per heavy atom. The van der Waals surface area contributed by atoms with Crippen LogP contribution in [0.5, 0.6) is 0 Å². The predicted octanol–water partition coefficient (Wildman–Crippen LogP) is 5.66. The van der Waals surface area contributed by atoms with Gasteiger partial charge in [-0.15, -0.1) is 0 Å². The molecule has 5 heteroatoms. The van der Waals surface area contributed by atoms with Crippen LogP contribution in [0.1, 0.15) is 78.6 Å². The van der Waals surface area contributed by atoms with Crippen LogP contribution in [-0.4, -0.2) is 26.3 Å². The number of aliphatic hydroxyl groups is 1. The Kier molecular flexibility index (Phi) is 5.52. The van der Waals surface area contributed by atoms with E-state index < -0.39 is 5.60 Å². The van der Waals surface area contributed by atoms with Crippen LogP contribution >= 0.6 is 0 Å². The molecular weight excluding hydrogens is 398 g/mol. The highest BCUT2D eigenvalue weighted by atomic mass is 16.3. The van der Waals surface area contributed by atoms with Gasteiger partial charge in [-0.2, -0.15) is 5.10 Å². The third-order valence-corrected chi connectivity index (χ3v) is 10.4. The average molecular weight is 438 g/mol. The lowest BCUT2D eigenvalue weighted by molar-refractivity contribution is -0.133. The first-order valence-electron chi connectivity index (χ1n) is 12.9. The molecular formula is C27H39N3O2. The molecule has 0 unspecified atom stereocenters. The summed E-state index contributed by atoms with van der Waals surface area (Å²) in [7, 11) is 0. The first-order valence-corrected chi connectivity index (χ1v) is 12.9. The summed E-state index contributed by atoms with van der Waals surface area (Å²) in [6.45, 7) is 14.2. The van der Waals surface area contributed by atoms with Gasteiger partial charge in [-0.25, -0.2) is 4.85 Å². The molecule has 5 nitrogen and oxygen atoms in total. The summed E-state index contributed by atoms with van der Waals surface area (Å²) >= 11 is 0. The number of hydrogen-bond donors (Lipinski definition) is 1. The maximum Gasteiger partial charge on any atom is 0.224 e. The first-order chi connectivity index (χ1) is 15.3. The van der Waals surface area contributed by atoms with Crippen LogP contribution in [0.2, 0.25) is 0 Å². The fraction of sp³-hybridized carbons (Fsp3) is 0.815. The van der Waals surface area contributed by atoms with Crippen molar-refractivity contribution in [2.24, 2.45) is 46.8 Å². The second-order valence-electron chi connectivity index (χ2n) is 12.1. The van der Waals surface area contributed by atoms with E-state index in [-0.39, 0.29) is 11.3 Å². The van der Waals surface area contributed by atoms with Crippen LogP contribution in [0.4, 0.5) is 5.69 Å². The molecule has 0 radical (unpaired) electrons. The second-order valence-corrected chi connectivity index (χ2v) is 12.1. The van der Waals surface area contributed by atoms with Crippen LogP contribution < -0.4 is 0 Å². The number of Topliss-reactive ketones (excluding diaryl/α,β-unsaturated/α-hetero) is 1. The lowest BCUT2D eigenvalue weighted by Crippen LogP contribution is -2.52. The van der Waals surface area contributed by atoms with E-state index in [4.69, 9.17) is 6.57 Å². The Hall–Kier alpha value is -1.67. The summed E-state index contributed by atoms with van der Waals surface area (Å²) in [5.74, 6) is 4.73. The molecule has 1 N–H and O–H groups in total. The minimum Gasteiger partial charge on any atom is -0.390 e. The van der Waals surface area contributed by atoms with E-state index in [2.05, 4.69) is 23.8 Å². The van der Waals surface area contributed by atoms with Crippen molar-refractivity contribution in [3.05, 3.63) is 23.8 Å². The molecule has 9 atom stereocenters. The largest absolute Gasteiger partial charge is 0.390 e. The Balaban J connectivity index is 1.37. The third-order valence-electron chi connectivity index (χ3n) is 10.4. The van der Waals surface area contributed by atoms with Gasteiger partial charge in [0.25, 0.3) is 0 Å². The van der Waals surface area contributed by atoms with Crippen molar-refractivity contribution >= 4 is 11.5 Å². The minimum atomic E-state index is -0.465. The number of aromatic nitrogens is 2. The predicted molar refractivity (Wildman–Crippen MR) is 124 cm³/mol. The average Bonchev–Trinajstić information content (AvgIpc) is 3.33. The van der Waals surface area contributed by atoms with E-state index in [9.17, 15) is 9.90 Å². The molecule has 4 aliphatic rings. The number of ketones is 1. The first kappa shape index (κ1) is 22.1. The summed E-state index contributed by atoms with van der Waals surface area (Å²) in [4.78, 5) is 17.0. The van der Waals surface area contributed by atoms with Gasteiger partial charge in [0, 0.05) is 12.1 Å². The Bertz CT molecular complexity index is 914. The molecule has 4 aliphatic carbocycles. The van der Waals surface area contributed by atoms with Crippen LogP contribution in [0, 0.1) is 53.4 Å². The van der Waals surface area contributed by atoms with Gasteiger partial charge in [-0.05, 0) is 99.2 Å². The van der Waals surface area contributed by atoms with Crippen molar-refractivity contribution in [2.75, 3.05) is 0 Å². The molecule has 32 heavy (non-hydrogen) atoms. The lowest BCUT2D eigenvalue weighted by Gasteiger charge is -2.57. The molecule has 5 rings (SSSR count). The zero-order valence-electron chi connectivity index (χ0n) is 20.0. The van der Waals surface area contributed by atoms with Gasteiger partial charge in [0.05, 0.1) is 24.9 Å². The SMILES string of the molecule is [C-]#[N+]c1cnn(CC(=O)[C@H]2C[C@@H](CC)[C@H]3[C@@H]4CC[C@@H]5C[C@](C)(O)CC[C@@H]5[C@H]4CC[C@@]32C)c1. The van der Waals surface area contributed by atoms with E-state index in [1.54, 1.807) is 17.1 Å². The van der Waals surface area contributed by atoms with Crippen LogP contribution in [0.25, 0.3) is 4.85 Å². The maximum absolute atomic E-state index is 13.5. The summed E-state index contributed by atoms with van der Waals surface area (Å²) in [5, 5.41) is 14.9. The zero-order chi connectivity index (χ0) is 22.7. The van der Waals surface area contributed by atoms with Crippen LogP contribution in [0.3, 0.4) is 0 Å². The van der Waals surface area contributed by atoms with Crippen molar-refractivity contribution < 1.29 is 9.90 Å². The number of carbonyl (C=O) groups excluding carboxylic acids is 1. The molecule has 4 fully saturated rings. The number of rotatable bonds is 4. The molecule has 1 heterocycles. The third kappa shape index (κ3) is 3.54. The van der Waals surface area contributed by atoms with E-state index in [1.807, 2.05) is 6.92 Å². The number of carbonyl (C=O) groups is 1. The zero-order valence-corrected chi connectivity index (χ0v) is 20.0. The molecule has 174 valence electrons. The monoisotopic (exact) mass is 437 g/mol. The molecule has 0 aliphatic heterocycles. The van der Waals surface area contributed by atoms with Crippen LogP contribution in [-0.2, 0) is 11.3 Å². The summed E-state index contributed by atoms with van der Waals surface area (Å²) in [6, 6.07) is 0. The Morgan fingerprint density at radius 2 is 2.00 bits per heavy atom. The van der Waals surface area contributed by atoms with Gasteiger partial charge in [0.15, 0.2) is 5.78 Å². The van der Waals surface area contributed by atoms with Gasteiger partial charge in [-0.1, -0.05) is 20.3 Å². The Morgan fingerprint density at radius 3 is 2.72 bits per heavy atom. The standard InChI is InChI=1S/C27H39N3O2/c1-5-17-12-23(24(31)16-30-15-19(28-4)14-29-30)27(3)11-9-21-20-8-10-26(2,32)13-18(20)6-7-22(21)25(17)27/h14-15,17-18,20-23,25,32H,5-13,16H2,1-3H3/t17-,18-,20+,21-,22-,23-,25+,26-,27-/m1/s1. The van der Waals surface area contributed by atoms with Crippen molar-refractivity contribution in [1.82, 2.24) is 9.78 Å². The molecule has 0 saturated heterocycles. The quantitative estimate of drug-likeness (QED) is 0.619. The molecule has 0 aromatic carbocycles. The van der Waals surface area contributed by atoms with E-state index in [0.717, 1.165) is 43.4 Å². The highest BCUT2D eigenvalue weighted by Crippen LogP contribution is 2.66. The smallest absolute Gasteiger partial charge is 0.224 e. The van der Waals surface area contributed by atoms with Crippen molar-refractivity contribution in [3.63, 3.8) is 0 Å². The highest BCUT2D eigenvalue weighted by molar-refractivity contribution is 5.82. The highest BCUT2D eigenvalue weighted by Gasteiger charge is 2.61. The van der Waals surface area contributed by atoms with E-state index in [0.29, 0.717) is 35.8 Å². The maximum atomic E-state index is 13.5. The summed E-state index contributed by atoms with van der Waals surface area (Å²) < 4.78 is 1.66. The molecule has 0 spiro atoms. The van der Waals surface area contributed by atoms with Crippen molar-refractivity contribution in [3.8, 4) is 0 Å². The van der Waals surface area contributed by atoms with Gasteiger partial charge in [0.2, 0.25) is 5.69 Å². The number of hydrogen-bond acceptors (Lipinski definition) is 3. The molecule has 1 aromatic rings. The van der Waals surface area contributed by atoms with Gasteiger partial charge >= 0.3 is 0 Å². The minimum absolute atomic E-state index is 0.0989. The van der Waals surface area contributed by atoms with Crippen LogP contribution in [0.15, 0.2) is 12.4 Å². The summed E-state index contributed by atoms with van der Waals surface area (Å²) in [6.07, 6.45) is 13.5. The van der Waals surface area contributed by atoms with Crippen molar-refractivity contribution in [1.29, 1.82) is 0 Å². The normalized spacial score (nSPS) is 45.4.